The molecular weight excluding hydrogens is 1220 g/mol. The fourth-order valence-corrected chi connectivity index (χ4v) is 12.1. The molecule has 0 radical (unpaired) electrons. The lowest BCUT2D eigenvalue weighted by Gasteiger charge is -2.34. The van der Waals surface area contributed by atoms with Crippen LogP contribution in [-0.2, 0) is 74.8 Å². The van der Waals surface area contributed by atoms with Gasteiger partial charge in [-0.2, -0.15) is 0 Å². The van der Waals surface area contributed by atoms with Crippen molar-refractivity contribution < 1.29 is 86.8 Å². The molecule has 3 unspecified atom stereocenters. The number of unbranched alkanes of at least 4 members (excludes halogenated alkanes) is 2. The number of aromatic hydroxyl groups is 1. The van der Waals surface area contributed by atoms with Gasteiger partial charge < -0.3 is 73.5 Å². The molecule has 13 amide bonds. The first kappa shape index (κ1) is 68.7. The van der Waals surface area contributed by atoms with E-state index in [4.69, 9.17) is 5.73 Å². The normalized spacial score (nSPS) is 24.1. The van der Waals surface area contributed by atoms with Crippen molar-refractivity contribution in [1.29, 1.82) is 0 Å². The van der Waals surface area contributed by atoms with Gasteiger partial charge in [0.1, 0.15) is 52.6 Å². The van der Waals surface area contributed by atoms with Crippen LogP contribution in [0.25, 0.3) is 10.9 Å². The first-order valence-corrected chi connectivity index (χ1v) is 30.3. The number of rotatable bonds is 18. The van der Waals surface area contributed by atoms with Gasteiger partial charge >= 0.3 is 0 Å². The summed E-state index contributed by atoms with van der Waals surface area (Å²) >= 11 is 0. The SMILES string of the molecule is CC[C@@H](C)[C@@H]1NC(=O)CNC(=O)[C@@H]2Cc3c([nH]c4cc(O)ccc34)S(=O)C[C@@H](NC(=O)CNC1=O)C(=O)N[C@@H](CC(N)=O)C(=O)N1C[C@H](O)C[C@H]1C(=O)NC([C@H](C)C(CO)NNC(=O)c1ccc(NC(=O)CCCCCN3C(=O)C=CC3=O)cc1[N+](=O)[O-])C(=O)N2. The zero-order chi connectivity index (χ0) is 66.5. The van der Waals surface area contributed by atoms with Gasteiger partial charge in [0.15, 0.2) is 0 Å². The third-order valence-electron chi connectivity index (χ3n) is 15.8. The third-order valence-corrected chi connectivity index (χ3v) is 17.3. The van der Waals surface area contributed by atoms with Crippen molar-refractivity contribution >= 4 is 110 Å². The van der Waals surface area contributed by atoms with Crippen LogP contribution in [0.5, 0.6) is 5.75 Å². The number of phenolic OH excluding ortho intramolecular Hbond substituents is 1. The van der Waals surface area contributed by atoms with E-state index in [2.05, 4.69) is 58.4 Å². The molecule has 4 aliphatic rings. The minimum Gasteiger partial charge on any atom is -0.508 e. The van der Waals surface area contributed by atoms with Gasteiger partial charge in [-0.15, -0.1) is 0 Å². The Morgan fingerprint density at radius 3 is 2.19 bits per heavy atom. The second-order valence-electron chi connectivity index (χ2n) is 22.3. The smallest absolute Gasteiger partial charge is 0.284 e. The van der Waals surface area contributed by atoms with Gasteiger partial charge in [-0.05, 0) is 48.6 Å². The van der Waals surface area contributed by atoms with Gasteiger partial charge in [-0.1, -0.05) is 33.6 Å². The Balaban J connectivity index is 1.24. The molecule has 4 aliphatic heterocycles. The summed E-state index contributed by atoms with van der Waals surface area (Å²) in [7, 11) is -2.50. The predicted octanol–water partition coefficient (Wildman–Crippen LogP) is -4.65. The number of nitrogens with zero attached hydrogens (tertiary/aromatic N) is 3. The van der Waals surface area contributed by atoms with E-state index in [1.807, 2.05) is 0 Å². The highest BCUT2D eigenvalue weighted by atomic mass is 32.2. The lowest BCUT2D eigenvalue weighted by atomic mass is 9.92. The Bertz CT molecular complexity index is 3450. The number of anilines is 1. The van der Waals surface area contributed by atoms with E-state index >= 15 is 4.79 Å². The molecule has 1 saturated heterocycles. The molecule has 1 aromatic heterocycles. The summed E-state index contributed by atoms with van der Waals surface area (Å²) < 4.78 is 14.9. The van der Waals surface area contributed by atoms with E-state index in [0.717, 1.165) is 34.1 Å². The Kier molecular flexibility index (Phi) is 23.2. The van der Waals surface area contributed by atoms with Crippen LogP contribution in [0.4, 0.5) is 11.4 Å². The van der Waals surface area contributed by atoms with Crippen molar-refractivity contribution in [3.8, 4) is 5.75 Å². The molecule has 0 saturated carbocycles. The second-order valence-corrected chi connectivity index (χ2v) is 23.7. The van der Waals surface area contributed by atoms with Crippen LogP contribution in [0.15, 0.2) is 53.6 Å². The number of hydrogen-bond donors (Lipinski definition) is 15. The molecule has 5 heterocycles. The molecule has 2 aromatic carbocycles. The number of nitro benzene ring substituents is 1. The first-order valence-electron chi connectivity index (χ1n) is 29.0. The van der Waals surface area contributed by atoms with Crippen molar-refractivity contribution in [2.24, 2.45) is 17.6 Å². The second kappa shape index (κ2) is 30.6. The van der Waals surface area contributed by atoms with Gasteiger partial charge in [0.2, 0.25) is 59.1 Å². The van der Waals surface area contributed by atoms with Crippen LogP contribution in [0.2, 0.25) is 0 Å². The van der Waals surface area contributed by atoms with Gasteiger partial charge in [0, 0.05) is 73.6 Å². The number of fused-ring (bicyclic) bond motifs is 5. The summed E-state index contributed by atoms with van der Waals surface area (Å²) in [5, 5.41) is 64.4. The number of phenols is 1. The monoisotopic (exact) mass is 1290 g/mol. The summed E-state index contributed by atoms with van der Waals surface area (Å²) in [4.78, 5) is 194. The topological polar surface area (TPSA) is 511 Å². The highest BCUT2D eigenvalue weighted by Crippen LogP contribution is 2.31. The van der Waals surface area contributed by atoms with Gasteiger partial charge in [-0.3, -0.25) is 87.0 Å². The number of imide groups is 1. The predicted molar refractivity (Wildman–Crippen MR) is 317 cm³/mol. The Hall–Kier alpha value is -9.74. The van der Waals surface area contributed by atoms with Gasteiger partial charge in [0.05, 0.1) is 65.3 Å². The number of hydrazine groups is 1. The highest BCUT2D eigenvalue weighted by Gasteiger charge is 2.45. The van der Waals surface area contributed by atoms with Crippen LogP contribution in [0, 0.1) is 22.0 Å². The fraction of sp³-hybridized carbons (Fsp3) is 0.482. The van der Waals surface area contributed by atoms with E-state index < -0.39 is 215 Å². The number of aliphatic hydroxyl groups is 2. The van der Waals surface area contributed by atoms with E-state index in [0.29, 0.717) is 25.7 Å². The quantitative estimate of drug-likeness (QED) is 0.0246. The standard InChI is InChI=1S/C56H71N15O19S/c1-4-26(2)47-53(85)59-21-43(77)61-38-25-91(90)55-33(31-12-10-29(73)17-34(31)64-55)19-35(50(82)58-22-44(78)65-47)62-54(86)48(66-52(84)40-18-30(74)23-70(40)56(87)36(20-41(57)75)63-51(38)83)27(3)37(24-72)67-68-49(81)32-11-9-28(16-39(32)71(88)89)60-42(76)8-6-5-7-15-69-45(79)13-14-46(69)80/h9-14,16-17,26-27,30,35-38,40,47-48,64,67,72-74H,4-8,15,18-25H2,1-3H3,(H2,57,75)(H,58,82)(H,59,85)(H,60,76)(H,61,77)(H,62,86)(H,63,83)(H,65,78)(H,66,84)(H,68,81)/t26-,27-,30-,35+,36+,37?,38-,40+,47+,48?,91?/m1/s1. The fourth-order valence-electron chi connectivity index (χ4n) is 10.7. The number of amides is 13. The number of nitro groups is 1. The molecular formula is C56H71N15O19S. The number of aliphatic hydroxyl groups excluding tert-OH is 2. The lowest BCUT2D eigenvalue weighted by molar-refractivity contribution is -0.385. The molecule has 16 N–H and O–H groups in total. The van der Waals surface area contributed by atoms with Crippen LogP contribution in [-0.4, -0.2) is 203 Å². The number of benzene rings is 2. The number of carbonyl (C=O) groups is 13. The van der Waals surface area contributed by atoms with Crippen LogP contribution >= 0.6 is 0 Å². The molecule has 2 bridgehead atoms. The number of carbonyl (C=O) groups excluding carboxylic acids is 13. The average Bonchev–Trinajstić information content (AvgIpc) is 1.71. The Morgan fingerprint density at radius 2 is 1.52 bits per heavy atom. The van der Waals surface area contributed by atoms with Crippen molar-refractivity contribution in [2.75, 3.05) is 43.9 Å². The van der Waals surface area contributed by atoms with E-state index in [1.165, 1.54) is 31.2 Å². The van der Waals surface area contributed by atoms with Crippen molar-refractivity contribution in [1.82, 2.24) is 62.9 Å². The maximum Gasteiger partial charge on any atom is 0.284 e. The van der Waals surface area contributed by atoms with Crippen LogP contribution in [0.1, 0.15) is 81.6 Å². The minimum absolute atomic E-state index is 0.0130. The molecule has 34 nitrogen and oxygen atoms in total. The van der Waals surface area contributed by atoms with Gasteiger partial charge in [0.25, 0.3) is 23.4 Å². The first-order chi connectivity index (χ1) is 43.2. The number of H-pyrrole nitrogens is 1. The van der Waals surface area contributed by atoms with Crippen LogP contribution in [0.3, 0.4) is 0 Å². The van der Waals surface area contributed by atoms with Crippen molar-refractivity contribution in [3.05, 3.63) is 69.8 Å². The summed E-state index contributed by atoms with van der Waals surface area (Å²) in [5.74, 6) is -15.8. The van der Waals surface area contributed by atoms with E-state index in [9.17, 15) is 87.2 Å². The summed E-state index contributed by atoms with van der Waals surface area (Å²) in [6, 6.07) is -5.35. The highest BCUT2D eigenvalue weighted by molar-refractivity contribution is 7.85. The zero-order valence-corrected chi connectivity index (χ0v) is 50.3. The van der Waals surface area contributed by atoms with Crippen molar-refractivity contribution in [2.45, 2.75) is 126 Å². The number of primary amides is 1. The molecule has 91 heavy (non-hydrogen) atoms. The van der Waals surface area contributed by atoms with Crippen molar-refractivity contribution in [3.63, 3.8) is 0 Å². The molecule has 35 heteroatoms. The maximum atomic E-state index is 15.2. The van der Waals surface area contributed by atoms with E-state index in [-0.39, 0.29) is 45.9 Å². The molecule has 0 spiro atoms. The minimum atomic E-state index is -2.50. The summed E-state index contributed by atoms with van der Waals surface area (Å²) in [6.07, 6.45) is 0.146. The Morgan fingerprint density at radius 1 is 0.824 bits per heavy atom. The van der Waals surface area contributed by atoms with Crippen LogP contribution < -0.4 is 59.1 Å². The Labute approximate surface area is 520 Å². The summed E-state index contributed by atoms with van der Waals surface area (Å²) in [5.41, 5.74) is 8.96. The van der Waals surface area contributed by atoms with E-state index in [1.54, 1.807) is 13.8 Å². The number of aromatic amines is 1. The molecule has 3 aromatic rings. The number of nitrogens with two attached hydrogens (primary N) is 1. The molecule has 490 valence electrons. The summed E-state index contributed by atoms with van der Waals surface area (Å²) in [6.45, 7) is 1.45. The molecule has 0 aliphatic carbocycles. The molecule has 11 atom stereocenters. The largest absolute Gasteiger partial charge is 0.508 e. The lowest BCUT2D eigenvalue weighted by Crippen LogP contribution is -2.63. The number of aromatic nitrogens is 1. The third kappa shape index (κ3) is 17.4. The molecule has 1 fully saturated rings. The average molecular weight is 1290 g/mol. The zero-order valence-electron chi connectivity index (χ0n) is 49.5. The maximum absolute atomic E-state index is 15.2. The molecule has 7 rings (SSSR count). The van der Waals surface area contributed by atoms with Gasteiger partial charge in [-0.25, -0.2) is 5.43 Å². The number of hydrogen-bond acceptors (Lipinski definition) is 20. The number of nitrogens with one attached hydrogen (secondary N) is 11.